The Kier molecular flexibility index (Phi) is 4.55. The summed E-state index contributed by atoms with van der Waals surface area (Å²) in [4.78, 5) is 13.1. The number of carbonyl (C=O) groups is 1. The van der Waals surface area contributed by atoms with Crippen LogP contribution in [0.1, 0.15) is 21.3 Å². The average Bonchev–Trinajstić information content (AvgIpc) is 3.21. The predicted molar refractivity (Wildman–Crippen MR) is 92.2 cm³/mol. The highest BCUT2D eigenvalue weighted by Crippen LogP contribution is 2.25. The molecule has 0 saturated carbocycles. The highest BCUT2D eigenvalue weighted by Gasteiger charge is 2.16. The van der Waals surface area contributed by atoms with Crippen molar-refractivity contribution in [3.63, 3.8) is 0 Å². The zero-order chi connectivity index (χ0) is 16.2. The Morgan fingerprint density at radius 2 is 2.13 bits per heavy atom. The zero-order valence-corrected chi connectivity index (χ0v) is 13.6. The highest BCUT2D eigenvalue weighted by molar-refractivity contribution is 7.12. The molecule has 0 spiro atoms. The van der Waals surface area contributed by atoms with Crippen molar-refractivity contribution in [1.29, 1.82) is 0 Å². The Morgan fingerprint density at radius 1 is 1.35 bits per heavy atom. The summed E-state index contributed by atoms with van der Waals surface area (Å²) in [6.45, 7) is 0.357. The smallest absolute Gasteiger partial charge is 0.261 e. The van der Waals surface area contributed by atoms with E-state index in [1.807, 2.05) is 54.9 Å². The summed E-state index contributed by atoms with van der Waals surface area (Å²) in [5, 5.41) is 9.11. The second-order valence-electron chi connectivity index (χ2n) is 5.21. The van der Waals surface area contributed by atoms with Gasteiger partial charge in [-0.3, -0.25) is 9.48 Å². The van der Waals surface area contributed by atoms with Crippen molar-refractivity contribution in [3.05, 3.63) is 64.5 Å². The first kappa shape index (κ1) is 15.5. The summed E-state index contributed by atoms with van der Waals surface area (Å²) in [7, 11) is 1.88. The second-order valence-corrected chi connectivity index (χ2v) is 6.12. The molecule has 1 unspecified atom stereocenters. The van der Waals surface area contributed by atoms with Gasteiger partial charge in [0, 0.05) is 30.7 Å². The molecular weight excluding hydrogens is 308 g/mol. The average molecular weight is 326 g/mol. The van der Waals surface area contributed by atoms with E-state index >= 15 is 0 Å². The summed E-state index contributed by atoms with van der Waals surface area (Å²) in [6, 6.07) is 13.4. The molecule has 3 N–H and O–H groups in total. The Morgan fingerprint density at radius 3 is 2.78 bits per heavy atom. The number of nitrogens with zero attached hydrogens (tertiary/aromatic N) is 2. The van der Waals surface area contributed by atoms with Gasteiger partial charge in [-0.15, -0.1) is 11.3 Å². The number of hydrogen-bond acceptors (Lipinski definition) is 4. The van der Waals surface area contributed by atoms with Crippen LogP contribution < -0.4 is 11.1 Å². The number of thiophene rings is 1. The van der Waals surface area contributed by atoms with Crippen LogP contribution in [0.2, 0.25) is 0 Å². The van der Waals surface area contributed by atoms with Gasteiger partial charge in [0.25, 0.3) is 5.91 Å². The van der Waals surface area contributed by atoms with Crippen LogP contribution in [0, 0.1) is 0 Å². The first-order chi connectivity index (χ1) is 11.2. The van der Waals surface area contributed by atoms with E-state index in [-0.39, 0.29) is 11.9 Å². The Bertz CT molecular complexity index is 794. The number of nitrogens with one attached hydrogen (secondary N) is 1. The molecule has 3 rings (SSSR count). The second kappa shape index (κ2) is 6.76. The number of benzene rings is 1. The third kappa shape index (κ3) is 3.33. The number of hydrogen-bond donors (Lipinski definition) is 2. The molecule has 6 heteroatoms. The Labute approximate surface area is 138 Å². The lowest BCUT2D eigenvalue weighted by Crippen LogP contribution is -2.32. The zero-order valence-electron chi connectivity index (χ0n) is 12.8. The van der Waals surface area contributed by atoms with E-state index < -0.39 is 0 Å². The molecule has 0 saturated heterocycles. The quantitative estimate of drug-likeness (QED) is 0.757. The van der Waals surface area contributed by atoms with Crippen LogP contribution in [0.25, 0.3) is 11.3 Å². The van der Waals surface area contributed by atoms with Gasteiger partial charge < -0.3 is 11.1 Å². The normalized spacial score (nSPS) is 12.1. The molecule has 3 aromatic rings. The summed E-state index contributed by atoms with van der Waals surface area (Å²) < 4.78 is 1.79. The minimum atomic E-state index is -0.189. The predicted octanol–water partition coefficient (Wildman–Crippen LogP) is 2.58. The van der Waals surface area contributed by atoms with E-state index in [2.05, 4.69) is 10.4 Å². The van der Waals surface area contributed by atoms with Crippen molar-refractivity contribution in [2.75, 3.05) is 6.54 Å². The van der Waals surface area contributed by atoms with Gasteiger partial charge in [-0.05, 0) is 17.7 Å². The molecule has 1 atom stereocenters. The van der Waals surface area contributed by atoms with Gasteiger partial charge in [-0.25, -0.2) is 0 Å². The number of nitrogens with two attached hydrogens (primary N) is 1. The number of amides is 1. The molecule has 0 aliphatic carbocycles. The summed E-state index contributed by atoms with van der Waals surface area (Å²) in [5.74, 6) is -0.109. The van der Waals surface area contributed by atoms with Crippen LogP contribution in [0.3, 0.4) is 0 Å². The van der Waals surface area contributed by atoms with E-state index in [1.165, 1.54) is 11.3 Å². The van der Waals surface area contributed by atoms with Crippen LogP contribution in [0.15, 0.2) is 54.0 Å². The maximum Gasteiger partial charge on any atom is 0.261 e. The third-order valence-corrected chi connectivity index (χ3v) is 4.61. The Hall–Kier alpha value is -2.44. The summed E-state index contributed by atoms with van der Waals surface area (Å²) >= 11 is 1.42. The number of aryl methyl sites for hydroxylation is 1. The first-order valence-corrected chi connectivity index (χ1v) is 8.20. The van der Waals surface area contributed by atoms with Crippen LogP contribution in [0.4, 0.5) is 0 Å². The standard InChI is InChI=1S/C17H18N4OS/c1-21-15(7-8-19-21)13-9-16(23-11-13)17(22)20-14(10-18)12-5-3-2-4-6-12/h2-9,11,14H,10,18H2,1H3,(H,20,22). The monoisotopic (exact) mass is 326 g/mol. The fraction of sp³-hybridized carbons (Fsp3) is 0.176. The molecular formula is C17H18N4OS. The molecule has 118 valence electrons. The molecule has 0 radical (unpaired) electrons. The largest absolute Gasteiger partial charge is 0.343 e. The lowest BCUT2D eigenvalue weighted by atomic mass is 10.1. The van der Waals surface area contributed by atoms with Crippen LogP contribution in [0.5, 0.6) is 0 Å². The van der Waals surface area contributed by atoms with Crippen molar-refractivity contribution in [3.8, 4) is 11.3 Å². The van der Waals surface area contributed by atoms with Crippen molar-refractivity contribution >= 4 is 17.2 Å². The SMILES string of the molecule is Cn1nccc1-c1csc(C(=O)NC(CN)c2ccccc2)c1. The fourth-order valence-corrected chi connectivity index (χ4v) is 3.24. The molecule has 1 amide bonds. The van der Waals surface area contributed by atoms with Crippen LogP contribution in [-0.4, -0.2) is 22.2 Å². The van der Waals surface area contributed by atoms with Gasteiger partial charge in [0.1, 0.15) is 0 Å². The van der Waals surface area contributed by atoms with Crippen LogP contribution in [-0.2, 0) is 7.05 Å². The molecule has 23 heavy (non-hydrogen) atoms. The van der Waals surface area contributed by atoms with Crippen molar-refractivity contribution < 1.29 is 4.79 Å². The minimum Gasteiger partial charge on any atom is -0.343 e. The van der Waals surface area contributed by atoms with Gasteiger partial charge in [-0.2, -0.15) is 5.10 Å². The van der Waals surface area contributed by atoms with Crippen molar-refractivity contribution in [1.82, 2.24) is 15.1 Å². The minimum absolute atomic E-state index is 0.109. The number of rotatable bonds is 5. The maximum atomic E-state index is 12.5. The van der Waals surface area contributed by atoms with E-state index in [9.17, 15) is 4.79 Å². The summed E-state index contributed by atoms with van der Waals surface area (Å²) in [6.07, 6.45) is 1.74. The molecule has 1 aromatic carbocycles. The van der Waals surface area contributed by atoms with Gasteiger partial charge in [0.15, 0.2) is 0 Å². The molecule has 0 fully saturated rings. The Balaban J connectivity index is 1.76. The lowest BCUT2D eigenvalue weighted by Gasteiger charge is -2.16. The number of aromatic nitrogens is 2. The molecule has 2 aromatic heterocycles. The first-order valence-electron chi connectivity index (χ1n) is 7.32. The number of carbonyl (C=O) groups excluding carboxylic acids is 1. The molecule has 0 bridgehead atoms. The molecule has 0 aliphatic heterocycles. The van der Waals surface area contributed by atoms with Crippen molar-refractivity contribution in [2.45, 2.75) is 6.04 Å². The van der Waals surface area contributed by atoms with Crippen LogP contribution >= 0.6 is 11.3 Å². The summed E-state index contributed by atoms with van der Waals surface area (Å²) in [5.41, 5.74) is 8.79. The van der Waals surface area contributed by atoms with E-state index in [0.717, 1.165) is 16.8 Å². The van der Waals surface area contributed by atoms with Gasteiger partial charge >= 0.3 is 0 Å². The molecule has 2 heterocycles. The molecule has 0 aliphatic rings. The topological polar surface area (TPSA) is 72.9 Å². The van der Waals surface area contributed by atoms with Gasteiger partial charge in [-0.1, -0.05) is 30.3 Å². The van der Waals surface area contributed by atoms with Gasteiger partial charge in [0.2, 0.25) is 0 Å². The third-order valence-electron chi connectivity index (χ3n) is 3.68. The molecule has 5 nitrogen and oxygen atoms in total. The van der Waals surface area contributed by atoms with E-state index in [4.69, 9.17) is 5.73 Å². The van der Waals surface area contributed by atoms with E-state index in [1.54, 1.807) is 10.9 Å². The lowest BCUT2D eigenvalue weighted by molar-refractivity contribution is 0.0942. The fourth-order valence-electron chi connectivity index (χ4n) is 2.44. The van der Waals surface area contributed by atoms with Gasteiger partial charge in [0.05, 0.1) is 16.6 Å². The maximum absolute atomic E-state index is 12.5. The van der Waals surface area contributed by atoms with Crippen molar-refractivity contribution in [2.24, 2.45) is 12.8 Å². The van der Waals surface area contributed by atoms with E-state index in [0.29, 0.717) is 11.4 Å². The highest BCUT2D eigenvalue weighted by atomic mass is 32.1.